The van der Waals surface area contributed by atoms with Gasteiger partial charge in [-0.1, -0.05) is 109 Å². The lowest BCUT2D eigenvalue weighted by Gasteiger charge is -2.09. The van der Waals surface area contributed by atoms with Crippen LogP contribution in [-0.2, 0) is 0 Å². The number of esters is 2. The lowest BCUT2D eigenvalue weighted by Crippen LogP contribution is -2.10. The Labute approximate surface area is 293 Å². The van der Waals surface area contributed by atoms with Crippen LogP contribution >= 0.6 is 0 Å². The van der Waals surface area contributed by atoms with Crippen molar-refractivity contribution in [3.63, 3.8) is 0 Å². The fourth-order valence-corrected chi connectivity index (χ4v) is 5.62. The van der Waals surface area contributed by atoms with Crippen LogP contribution < -0.4 is 9.47 Å². The number of aryl methyl sites for hydroxylation is 4. The summed E-state index contributed by atoms with van der Waals surface area (Å²) < 4.78 is 11.5. The molecule has 262 valence electrons. The van der Waals surface area contributed by atoms with Crippen molar-refractivity contribution >= 4 is 11.9 Å². The van der Waals surface area contributed by atoms with Crippen molar-refractivity contribution in [2.75, 3.05) is 0 Å². The Hall–Kier alpha value is -4.44. The van der Waals surface area contributed by atoms with Crippen LogP contribution in [0.15, 0.2) is 72.8 Å². The molecule has 0 radical (unpaired) electrons. The molecule has 4 aliphatic carbocycles. The summed E-state index contributed by atoms with van der Waals surface area (Å²) in [5.74, 6) is 0.688. The molecular weight excluding hydrogens is 592 g/mol. The fourth-order valence-electron chi connectivity index (χ4n) is 5.62. The zero-order chi connectivity index (χ0) is 30.3. The summed E-state index contributed by atoms with van der Waals surface area (Å²) >= 11 is 0. The van der Waals surface area contributed by atoms with Crippen molar-refractivity contribution in [1.82, 2.24) is 0 Å². The van der Waals surface area contributed by atoms with E-state index in [1.165, 1.54) is 11.1 Å². The zero-order valence-electron chi connectivity index (χ0n) is 25.7. The van der Waals surface area contributed by atoms with Gasteiger partial charge in [0, 0.05) is 0 Å². The first kappa shape index (κ1) is 45.7. The first-order chi connectivity index (χ1) is 19.9. The summed E-state index contributed by atoms with van der Waals surface area (Å²) in [7, 11) is 0. The SMILES string of the molecule is C.C.C.C.C.C.Cc1cc(C(=O)Oc2ccc(OC(=O)c3cc(C)c4cc(C(C)C)ccc(C)c3-4)cc2)c2c(C)ccc(C(C)C)cc1-2. The molecule has 1 aromatic rings. The molecule has 0 fully saturated rings. The minimum absolute atomic E-state index is 0. The highest BCUT2D eigenvalue weighted by atomic mass is 16.5. The van der Waals surface area contributed by atoms with Crippen LogP contribution in [0.5, 0.6) is 11.5 Å². The number of hydrogen-bond acceptors (Lipinski definition) is 4. The summed E-state index contributed by atoms with van der Waals surface area (Å²) in [6, 6.07) is 23.1. The van der Waals surface area contributed by atoms with Crippen LogP contribution in [0.25, 0.3) is 22.3 Å². The monoisotopic (exact) mass is 654 g/mol. The molecule has 0 aromatic heterocycles. The highest BCUT2D eigenvalue weighted by Crippen LogP contribution is 2.38. The van der Waals surface area contributed by atoms with Crippen LogP contribution in [0.3, 0.4) is 0 Å². The molecular formula is C44H62O4. The molecule has 4 heteroatoms. The Morgan fingerprint density at radius 2 is 0.771 bits per heavy atom. The molecule has 5 rings (SSSR count). The molecule has 0 N–H and O–H groups in total. The van der Waals surface area contributed by atoms with Crippen molar-refractivity contribution in [2.45, 2.75) is 112 Å². The number of fused-ring (bicyclic) bond motifs is 2. The lowest BCUT2D eigenvalue weighted by molar-refractivity contribution is 0.0720. The molecule has 4 nitrogen and oxygen atoms in total. The van der Waals surface area contributed by atoms with Gasteiger partial charge in [-0.25, -0.2) is 9.59 Å². The van der Waals surface area contributed by atoms with Crippen molar-refractivity contribution in [3.8, 4) is 33.8 Å². The molecule has 48 heavy (non-hydrogen) atoms. The molecule has 4 aliphatic rings. The summed E-state index contributed by atoms with van der Waals surface area (Å²) in [6.45, 7) is 16.7. The van der Waals surface area contributed by atoms with Crippen LogP contribution in [0, 0.1) is 27.7 Å². The minimum atomic E-state index is -0.416. The molecule has 0 saturated carbocycles. The third-order valence-electron chi connectivity index (χ3n) is 8.13. The van der Waals surface area contributed by atoms with Gasteiger partial charge in [-0.05, 0) is 132 Å². The number of benzene rings is 1. The zero-order valence-corrected chi connectivity index (χ0v) is 25.7. The number of rotatable bonds is 6. The van der Waals surface area contributed by atoms with Crippen LogP contribution in [0.2, 0.25) is 0 Å². The van der Waals surface area contributed by atoms with Gasteiger partial charge in [0.2, 0.25) is 0 Å². The summed E-state index contributed by atoms with van der Waals surface area (Å²) in [4.78, 5) is 26.6. The maximum absolute atomic E-state index is 13.3. The summed E-state index contributed by atoms with van der Waals surface area (Å²) in [5.41, 5.74) is 11.6. The van der Waals surface area contributed by atoms with E-state index in [1.807, 2.05) is 39.8 Å². The molecule has 0 aliphatic heterocycles. The Bertz CT molecular complexity index is 1610. The van der Waals surface area contributed by atoms with Gasteiger partial charge < -0.3 is 9.47 Å². The van der Waals surface area contributed by atoms with E-state index in [4.69, 9.17) is 9.47 Å². The van der Waals surface area contributed by atoms with E-state index in [2.05, 4.69) is 64.1 Å². The Morgan fingerprint density at radius 3 is 1.06 bits per heavy atom. The van der Waals surface area contributed by atoms with Crippen LogP contribution in [0.4, 0.5) is 0 Å². The van der Waals surface area contributed by atoms with Gasteiger partial charge in [-0.3, -0.25) is 0 Å². The van der Waals surface area contributed by atoms with Crippen molar-refractivity contribution in [1.29, 1.82) is 0 Å². The smallest absolute Gasteiger partial charge is 0.344 e. The van der Waals surface area contributed by atoms with E-state index in [1.54, 1.807) is 24.3 Å². The summed E-state index contributed by atoms with van der Waals surface area (Å²) in [5, 5.41) is 0. The molecule has 0 spiro atoms. The molecule has 0 atom stereocenters. The van der Waals surface area contributed by atoms with E-state index in [0.717, 1.165) is 44.5 Å². The Morgan fingerprint density at radius 1 is 0.458 bits per heavy atom. The lowest BCUT2D eigenvalue weighted by atomic mass is 10.0. The number of carbonyl (C=O) groups excluding carboxylic acids is 2. The molecule has 0 heterocycles. The molecule has 1 aromatic carbocycles. The van der Waals surface area contributed by atoms with Gasteiger partial charge >= 0.3 is 11.9 Å². The molecule has 0 unspecified atom stereocenters. The van der Waals surface area contributed by atoms with Gasteiger partial charge in [0.05, 0.1) is 11.1 Å². The van der Waals surface area contributed by atoms with Crippen molar-refractivity contribution in [3.05, 3.63) is 117 Å². The van der Waals surface area contributed by atoms with E-state index >= 15 is 0 Å². The van der Waals surface area contributed by atoms with Crippen LogP contribution in [-0.4, -0.2) is 11.9 Å². The Kier molecular flexibility index (Phi) is 17.3. The maximum Gasteiger partial charge on any atom is 0.344 e. The largest absolute Gasteiger partial charge is 0.423 e. The summed E-state index contributed by atoms with van der Waals surface area (Å²) in [6.07, 6.45) is 0. The van der Waals surface area contributed by atoms with Gasteiger partial charge in [0.25, 0.3) is 0 Å². The molecule has 0 bridgehead atoms. The van der Waals surface area contributed by atoms with E-state index in [9.17, 15) is 9.59 Å². The van der Waals surface area contributed by atoms with Gasteiger partial charge in [-0.15, -0.1) is 0 Å². The second-order valence-electron chi connectivity index (χ2n) is 11.9. The van der Waals surface area contributed by atoms with Crippen molar-refractivity contribution in [2.24, 2.45) is 0 Å². The second kappa shape index (κ2) is 18.2. The highest BCUT2D eigenvalue weighted by molar-refractivity contribution is 6.03. The van der Waals surface area contributed by atoms with Gasteiger partial charge in [0.1, 0.15) is 11.5 Å². The first-order valence-corrected chi connectivity index (χ1v) is 14.6. The van der Waals surface area contributed by atoms with Crippen molar-refractivity contribution < 1.29 is 19.1 Å². The molecule has 0 saturated heterocycles. The van der Waals surface area contributed by atoms with Gasteiger partial charge in [0.15, 0.2) is 0 Å². The number of carbonyl (C=O) groups is 2. The predicted molar refractivity (Wildman–Crippen MR) is 210 cm³/mol. The number of ether oxygens (including phenoxy) is 2. The highest BCUT2D eigenvalue weighted by Gasteiger charge is 2.24. The average Bonchev–Trinajstić information content (AvgIpc) is 3.29. The van der Waals surface area contributed by atoms with Gasteiger partial charge in [-0.2, -0.15) is 0 Å². The third kappa shape index (κ3) is 8.92. The van der Waals surface area contributed by atoms with Crippen LogP contribution in [0.1, 0.15) is 138 Å². The van der Waals surface area contributed by atoms with E-state index < -0.39 is 11.9 Å². The quantitative estimate of drug-likeness (QED) is 0.135. The number of hydrogen-bond donors (Lipinski definition) is 0. The maximum atomic E-state index is 13.3. The minimum Gasteiger partial charge on any atom is -0.423 e. The standard InChI is InChI=1S/C38H38O4.6CH4/c1-21(2)27-11-9-23(5)35-31(19-27)25(7)17-33(35)37(39)41-29-13-15-30(16-14-29)42-38(40)34-18-26(8)32-20-28(22(3)4)12-10-24(6)36(32)34;;;;;;/h9-22H,1-8H3;6*1H4. The first-order valence-electron chi connectivity index (χ1n) is 14.6. The average molecular weight is 655 g/mol. The second-order valence-corrected chi connectivity index (χ2v) is 11.9. The molecule has 0 amide bonds. The predicted octanol–water partition coefficient (Wildman–Crippen LogP) is 13.6. The van der Waals surface area contributed by atoms with E-state index in [0.29, 0.717) is 34.5 Å². The fraction of sp³-hybridized carbons (Fsp3) is 0.364. The third-order valence-corrected chi connectivity index (χ3v) is 8.13. The topological polar surface area (TPSA) is 52.6 Å². The normalized spacial score (nSPS) is 10.0. The van der Waals surface area contributed by atoms with E-state index in [-0.39, 0.29) is 44.6 Å². The Balaban J connectivity index is 0.